The van der Waals surface area contributed by atoms with E-state index in [2.05, 4.69) is 9.97 Å². The van der Waals surface area contributed by atoms with Crippen LogP contribution in [0.15, 0.2) is 6.07 Å². The Labute approximate surface area is 147 Å². The fourth-order valence-electron chi connectivity index (χ4n) is 3.35. The first-order valence-electron chi connectivity index (χ1n) is 8.58. The summed E-state index contributed by atoms with van der Waals surface area (Å²) < 4.78 is 10.1. The highest BCUT2D eigenvalue weighted by atomic mass is 16.6. The Morgan fingerprint density at radius 3 is 2.68 bits per heavy atom. The van der Waals surface area contributed by atoms with Crippen LogP contribution in [0.2, 0.25) is 0 Å². The van der Waals surface area contributed by atoms with Crippen LogP contribution < -0.4 is 4.90 Å². The number of carbonyl (C=O) groups excluding carboxylic acids is 2. The average Bonchev–Trinajstić information content (AvgIpc) is 2.93. The lowest BCUT2D eigenvalue weighted by atomic mass is 9.93. The van der Waals surface area contributed by atoms with Gasteiger partial charge in [-0.1, -0.05) is 0 Å². The molecule has 0 aromatic carbocycles. The molecule has 0 radical (unpaired) electrons. The highest BCUT2D eigenvalue weighted by molar-refractivity contribution is 5.88. The van der Waals surface area contributed by atoms with Gasteiger partial charge in [0.05, 0.1) is 6.54 Å². The van der Waals surface area contributed by atoms with Crippen LogP contribution in [0.25, 0.3) is 0 Å². The summed E-state index contributed by atoms with van der Waals surface area (Å²) in [4.78, 5) is 36.2. The van der Waals surface area contributed by atoms with Crippen molar-refractivity contribution >= 4 is 17.8 Å². The van der Waals surface area contributed by atoms with Crippen LogP contribution in [0.1, 0.15) is 37.2 Å². The second kappa shape index (κ2) is 7.35. The predicted octanol–water partition coefficient (Wildman–Crippen LogP) is 1.48. The van der Waals surface area contributed by atoms with E-state index in [9.17, 15) is 9.59 Å². The van der Waals surface area contributed by atoms with Crippen molar-refractivity contribution in [2.45, 2.75) is 38.7 Å². The van der Waals surface area contributed by atoms with E-state index < -0.39 is 0 Å². The monoisotopic (exact) mass is 348 g/mol. The van der Waals surface area contributed by atoms with Crippen molar-refractivity contribution < 1.29 is 19.1 Å². The predicted molar refractivity (Wildman–Crippen MR) is 90.5 cm³/mol. The number of aromatic nitrogens is 2. The van der Waals surface area contributed by atoms with Gasteiger partial charge in [0, 0.05) is 37.9 Å². The highest BCUT2D eigenvalue weighted by Gasteiger charge is 2.32. The number of amides is 2. The van der Waals surface area contributed by atoms with Crippen molar-refractivity contribution in [3.63, 3.8) is 0 Å². The van der Waals surface area contributed by atoms with Gasteiger partial charge in [-0.05, 0) is 26.7 Å². The van der Waals surface area contributed by atoms with E-state index in [0.717, 1.165) is 18.5 Å². The van der Waals surface area contributed by atoms with Crippen molar-refractivity contribution in [3.05, 3.63) is 17.6 Å². The maximum Gasteiger partial charge on any atom is 0.415 e. The molecule has 1 aromatic heterocycles. The van der Waals surface area contributed by atoms with Gasteiger partial charge in [0.1, 0.15) is 24.4 Å². The summed E-state index contributed by atoms with van der Waals surface area (Å²) in [7, 11) is 1.53. The second-order valence-corrected chi connectivity index (χ2v) is 6.59. The summed E-state index contributed by atoms with van der Waals surface area (Å²) >= 11 is 0. The number of piperidine rings is 1. The Kier molecular flexibility index (Phi) is 5.17. The minimum absolute atomic E-state index is 0.0225. The van der Waals surface area contributed by atoms with E-state index in [1.807, 2.05) is 24.8 Å². The van der Waals surface area contributed by atoms with E-state index in [1.54, 1.807) is 4.90 Å². The van der Waals surface area contributed by atoms with Crippen LogP contribution in [0.4, 0.5) is 10.6 Å². The van der Waals surface area contributed by atoms with Crippen molar-refractivity contribution in [2.24, 2.45) is 0 Å². The number of hydrogen-bond donors (Lipinski definition) is 0. The van der Waals surface area contributed by atoms with Crippen LogP contribution in [-0.2, 0) is 14.3 Å². The molecule has 0 spiro atoms. The van der Waals surface area contributed by atoms with Gasteiger partial charge in [0.15, 0.2) is 0 Å². The van der Waals surface area contributed by atoms with Gasteiger partial charge in [0.2, 0.25) is 5.91 Å². The molecular formula is C17H24N4O4. The lowest BCUT2D eigenvalue weighted by Crippen LogP contribution is -2.40. The molecule has 2 amide bonds. The highest BCUT2D eigenvalue weighted by Crippen LogP contribution is 2.29. The van der Waals surface area contributed by atoms with Gasteiger partial charge in [-0.3, -0.25) is 9.69 Å². The first-order valence-corrected chi connectivity index (χ1v) is 8.58. The first-order chi connectivity index (χ1) is 12.0. The van der Waals surface area contributed by atoms with Gasteiger partial charge in [-0.2, -0.15) is 0 Å². The number of methoxy groups -OCH3 is 1. The lowest BCUT2D eigenvalue weighted by Gasteiger charge is -2.32. The molecule has 0 bridgehead atoms. The topological polar surface area (TPSA) is 84.9 Å². The van der Waals surface area contributed by atoms with E-state index in [4.69, 9.17) is 9.47 Å². The quantitative estimate of drug-likeness (QED) is 0.819. The zero-order valence-electron chi connectivity index (χ0n) is 14.9. The minimum Gasteiger partial charge on any atom is -0.444 e. The van der Waals surface area contributed by atoms with Gasteiger partial charge in [0.25, 0.3) is 0 Å². The standard InChI is InChI=1S/C17H24N4O4/c1-11-9-21(17(23)25-11)15-8-14(18-12(2)19-15)13-4-6-20(7-5-13)16(22)10-24-3/h8,11,13H,4-7,9-10H2,1-3H3. The zero-order valence-corrected chi connectivity index (χ0v) is 14.9. The number of likely N-dealkylation sites (tertiary alicyclic amines) is 1. The molecule has 8 heteroatoms. The number of hydrogen-bond acceptors (Lipinski definition) is 6. The molecule has 1 aromatic rings. The van der Waals surface area contributed by atoms with E-state index in [1.165, 1.54) is 7.11 Å². The molecule has 2 aliphatic heterocycles. The third-order valence-electron chi connectivity index (χ3n) is 4.62. The molecule has 25 heavy (non-hydrogen) atoms. The zero-order chi connectivity index (χ0) is 18.0. The Morgan fingerprint density at radius 1 is 1.36 bits per heavy atom. The van der Waals surface area contributed by atoms with Gasteiger partial charge in [-0.15, -0.1) is 0 Å². The van der Waals surface area contributed by atoms with Crippen molar-refractivity contribution in [1.82, 2.24) is 14.9 Å². The smallest absolute Gasteiger partial charge is 0.415 e. The van der Waals surface area contributed by atoms with Gasteiger partial charge < -0.3 is 14.4 Å². The SMILES string of the molecule is COCC(=O)N1CCC(c2cc(N3CC(C)OC3=O)nc(C)n2)CC1. The molecule has 136 valence electrons. The van der Waals surface area contributed by atoms with E-state index in [-0.39, 0.29) is 30.6 Å². The van der Waals surface area contributed by atoms with Crippen LogP contribution in [0.5, 0.6) is 0 Å². The largest absolute Gasteiger partial charge is 0.444 e. The molecule has 3 rings (SSSR count). The summed E-state index contributed by atoms with van der Waals surface area (Å²) in [6.07, 6.45) is 1.18. The summed E-state index contributed by atoms with van der Waals surface area (Å²) in [5, 5.41) is 0. The number of nitrogens with zero attached hydrogens (tertiary/aromatic N) is 4. The third kappa shape index (κ3) is 3.89. The van der Waals surface area contributed by atoms with Crippen molar-refractivity contribution in [3.8, 4) is 0 Å². The van der Waals surface area contributed by atoms with Gasteiger partial charge >= 0.3 is 6.09 Å². The molecule has 0 aliphatic carbocycles. The molecule has 1 atom stereocenters. The average molecular weight is 348 g/mol. The van der Waals surface area contributed by atoms with Crippen LogP contribution in [0.3, 0.4) is 0 Å². The Balaban J connectivity index is 1.71. The number of anilines is 1. The number of rotatable bonds is 4. The fourth-order valence-corrected chi connectivity index (χ4v) is 3.35. The molecule has 1 unspecified atom stereocenters. The molecule has 0 saturated carbocycles. The number of aryl methyl sites for hydroxylation is 1. The summed E-state index contributed by atoms with van der Waals surface area (Å²) in [5.41, 5.74) is 0.925. The Bertz CT molecular complexity index is 658. The third-order valence-corrected chi connectivity index (χ3v) is 4.62. The second-order valence-electron chi connectivity index (χ2n) is 6.59. The number of carbonyl (C=O) groups is 2. The molecule has 3 heterocycles. The maximum atomic E-state index is 12.0. The Hall–Kier alpha value is -2.22. The minimum atomic E-state index is -0.364. The molecule has 0 N–H and O–H groups in total. The van der Waals surface area contributed by atoms with E-state index >= 15 is 0 Å². The maximum absolute atomic E-state index is 12.0. The lowest BCUT2D eigenvalue weighted by molar-refractivity contribution is -0.136. The van der Waals surface area contributed by atoms with E-state index in [0.29, 0.717) is 31.3 Å². The van der Waals surface area contributed by atoms with Crippen molar-refractivity contribution in [1.29, 1.82) is 0 Å². The van der Waals surface area contributed by atoms with Crippen LogP contribution in [-0.4, -0.2) is 66.3 Å². The Morgan fingerprint density at radius 2 is 2.08 bits per heavy atom. The molecule has 8 nitrogen and oxygen atoms in total. The first kappa shape index (κ1) is 17.6. The van der Waals surface area contributed by atoms with Crippen LogP contribution in [0, 0.1) is 6.92 Å². The molecule has 2 aliphatic rings. The summed E-state index contributed by atoms with van der Waals surface area (Å²) in [6.45, 7) is 5.69. The molecule has 2 saturated heterocycles. The normalized spacial score (nSPS) is 21.6. The molecular weight excluding hydrogens is 324 g/mol. The van der Waals surface area contributed by atoms with Crippen LogP contribution >= 0.6 is 0 Å². The van der Waals surface area contributed by atoms with Gasteiger partial charge in [-0.25, -0.2) is 14.8 Å². The number of ether oxygens (including phenoxy) is 2. The van der Waals surface area contributed by atoms with Crippen molar-refractivity contribution in [2.75, 3.05) is 38.3 Å². The summed E-state index contributed by atoms with van der Waals surface area (Å²) in [5.74, 6) is 1.50. The molecule has 2 fully saturated rings. The summed E-state index contributed by atoms with van der Waals surface area (Å²) in [6, 6.07) is 1.88. The number of cyclic esters (lactones) is 1. The fraction of sp³-hybridized carbons (Fsp3) is 0.647.